The summed E-state index contributed by atoms with van der Waals surface area (Å²) in [7, 11) is 1.30. The lowest BCUT2D eigenvalue weighted by atomic mass is 9.91. The molecule has 1 atom stereocenters. The van der Waals surface area contributed by atoms with Gasteiger partial charge in [-0.05, 0) is 80.5 Å². The van der Waals surface area contributed by atoms with Crippen molar-refractivity contribution in [3.8, 4) is 11.5 Å². The highest BCUT2D eigenvalue weighted by atomic mass is 32.1. The summed E-state index contributed by atoms with van der Waals surface area (Å²) >= 11 is 5.81. The molecule has 4 rings (SSSR count). The lowest BCUT2D eigenvalue weighted by Crippen LogP contribution is -2.51. The Hall–Kier alpha value is -5.07. The lowest BCUT2D eigenvalue weighted by molar-refractivity contribution is -0.156. The number of carbonyl (C=O) groups excluding carboxylic acids is 4. The van der Waals surface area contributed by atoms with Crippen molar-refractivity contribution in [1.29, 1.82) is 0 Å². The number of piperazine rings is 1. The van der Waals surface area contributed by atoms with Gasteiger partial charge in [0.05, 0.1) is 44.2 Å². The van der Waals surface area contributed by atoms with Crippen LogP contribution in [0.25, 0.3) is 0 Å². The van der Waals surface area contributed by atoms with Crippen LogP contribution in [0.5, 0.6) is 11.5 Å². The zero-order chi connectivity index (χ0) is 45.1. The average Bonchev–Trinajstić information content (AvgIpc) is 3.14. The van der Waals surface area contributed by atoms with Gasteiger partial charge in [0, 0.05) is 69.2 Å². The number of ether oxygens (including phenoxy) is 6. The number of benzene rings is 1. The molecule has 16 nitrogen and oxygen atoms in total. The smallest absolute Gasteiger partial charge is 0.417 e. The van der Waals surface area contributed by atoms with Crippen LogP contribution < -0.4 is 20.1 Å². The summed E-state index contributed by atoms with van der Waals surface area (Å²) in [6.07, 6.45) is 1.69. The monoisotopic (exact) mass is 872 g/mol. The highest BCUT2D eigenvalue weighted by Crippen LogP contribution is 2.33. The summed E-state index contributed by atoms with van der Waals surface area (Å²) in [4.78, 5) is 62.6. The first kappa shape index (κ1) is 48.6. The van der Waals surface area contributed by atoms with E-state index in [1.165, 1.54) is 25.3 Å². The van der Waals surface area contributed by atoms with Crippen LogP contribution in [0.4, 0.5) is 19.7 Å². The number of aromatic nitrogens is 1. The van der Waals surface area contributed by atoms with Gasteiger partial charge in [-0.2, -0.15) is 0 Å². The van der Waals surface area contributed by atoms with Gasteiger partial charge in [0.15, 0.2) is 11.6 Å². The number of thiocarbonyl (C=S) groups is 1. The van der Waals surface area contributed by atoms with E-state index in [0.29, 0.717) is 57.3 Å². The maximum Gasteiger partial charge on any atom is 0.417 e. The zero-order valence-electron chi connectivity index (χ0n) is 37.0. The van der Waals surface area contributed by atoms with E-state index >= 15 is 0 Å². The minimum Gasteiger partial charge on any atom is -0.492 e. The third-order valence-electron chi connectivity index (χ3n) is 9.03. The molecule has 18 heteroatoms. The fourth-order valence-corrected chi connectivity index (χ4v) is 6.70. The Labute approximate surface area is 363 Å². The van der Waals surface area contributed by atoms with Gasteiger partial charge in [-0.1, -0.05) is 18.3 Å². The van der Waals surface area contributed by atoms with Crippen molar-refractivity contribution in [2.24, 2.45) is 5.92 Å². The number of para-hydroxylation sites is 1. The summed E-state index contributed by atoms with van der Waals surface area (Å²) < 4.78 is 48.7. The molecule has 1 saturated heterocycles. The zero-order valence-corrected chi connectivity index (χ0v) is 37.8. The predicted molar refractivity (Wildman–Crippen MR) is 230 cm³/mol. The molecule has 1 aromatic heterocycles. The molecule has 2 aromatic rings. The summed E-state index contributed by atoms with van der Waals surface area (Å²) in [5, 5.41) is 6.24. The molecule has 0 radical (unpaired) electrons. The number of hydrogen-bond donors (Lipinski definition) is 2. The normalized spacial score (nSPS) is 16.5. The SMILES string of the molecule is COc1c(F)cccc1NC(=S)C1=C(NCc2ccncc2OCCOCCN2CCN(C(=O)OC(C)(C)C)CC2)C(CC(=O)OC(C)(C)C)CN(C(=O)OC(C)(C)C)C1=O. The van der Waals surface area contributed by atoms with E-state index in [1.807, 2.05) is 20.8 Å². The molecule has 336 valence electrons. The Morgan fingerprint density at radius 3 is 2.18 bits per heavy atom. The molecular weight excluding hydrogens is 812 g/mol. The first-order chi connectivity index (χ1) is 28.5. The number of nitrogens with one attached hydrogen (secondary N) is 2. The molecule has 61 heavy (non-hydrogen) atoms. The number of carbonyl (C=O) groups is 4. The first-order valence-electron chi connectivity index (χ1n) is 20.3. The van der Waals surface area contributed by atoms with Crippen LogP contribution in [0.2, 0.25) is 0 Å². The van der Waals surface area contributed by atoms with E-state index in [-0.39, 0.29) is 59.9 Å². The summed E-state index contributed by atoms with van der Waals surface area (Å²) in [5.41, 5.74) is -1.39. The molecule has 1 unspecified atom stereocenters. The maximum absolute atomic E-state index is 14.7. The van der Waals surface area contributed by atoms with Gasteiger partial charge in [0.2, 0.25) is 0 Å². The number of rotatable bonds is 15. The second-order valence-electron chi connectivity index (χ2n) is 17.6. The number of halogens is 1. The van der Waals surface area contributed by atoms with E-state index in [0.717, 1.165) is 4.90 Å². The molecule has 1 fully saturated rings. The highest BCUT2D eigenvalue weighted by molar-refractivity contribution is 7.81. The Balaban J connectivity index is 1.51. The van der Waals surface area contributed by atoms with Gasteiger partial charge >= 0.3 is 18.2 Å². The Morgan fingerprint density at radius 1 is 0.885 bits per heavy atom. The van der Waals surface area contributed by atoms with Crippen LogP contribution in [0.1, 0.15) is 74.3 Å². The van der Waals surface area contributed by atoms with Crippen molar-refractivity contribution in [3.63, 3.8) is 0 Å². The quantitative estimate of drug-likeness (QED) is 0.0913. The number of amides is 3. The van der Waals surface area contributed by atoms with Crippen molar-refractivity contribution in [1.82, 2.24) is 25.0 Å². The van der Waals surface area contributed by atoms with Gasteiger partial charge in [-0.25, -0.2) is 18.9 Å². The summed E-state index contributed by atoms with van der Waals surface area (Å²) in [6.45, 7) is 19.9. The van der Waals surface area contributed by atoms with Crippen molar-refractivity contribution < 1.29 is 52.0 Å². The second kappa shape index (κ2) is 21.1. The third-order valence-corrected chi connectivity index (χ3v) is 9.34. The molecule has 0 saturated carbocycles. The van der Waals surface area contributed by atoms with Crippen molar-refractivity contribution in [2.75, 3.05) is 71.5 Å². The Morgan fingerprint density at radius 2 is 1.54 bits per heavy atom. The molecular formula is C43H61FN6O10S. The number of nitrogens with zero attached hydrogens (tertiary/aromatic N) is 4. The minimum absolute atomic E-state index is 0.0866. The van der Waals surface area contributed by atoms with Gasteiger partial charge in [-0.15, -0.1) is 0 Å². The molecule has 0 bridgehead atoms. The van der Waals surface area contributed by atoms with E-state index in [1.54, 1.807) is 64.9 Å². The van der Waals surface area contributed by atoms with Gasteiger partial charge in [0.25, 0.3) is 5.91 Å². The van der Waals surface area contributed by atoms with E-state index in [4.69, 9.17) is 40.6 Å². The lowest BCUT2D eigenvalue weighted by Gasteiger charge is -2.36. The summed E-state index contributed by atoms with van der Waals surface area (Å²) in [5.74, 6) is -2.55. The predicted octanol–water partition coefficient (Wildman–Crippen LogP) is 6.09. The molecule has 2 N–H and O–H groups in total. The number of methoxy groups -OCH3 is 1. The van der Waals surface area contributed by atoms with Gasteiger partial charge in [0.1, 0.15) is 34.1 Å². The topological polar surface area (TPSA) is 170 Å². The van der Waals surface area contributed by atoms with E-state index < -0.39 is 46.5 Å². The number of pyridine rings is 1. The van der Waals surface area contributed by atoms with Crippen LogP contribution >= 0.6 is 12.2 Å². The van der Waals surface area contributed by atoms with Crippen LogP contribution in [-0.4, -0.2) is 132 Å². The third kappa shape index (κ3) is 15.1. The van der Waals surface area contributed by atoms with Crippen LogP contribution in [0.15, 0.2) is 47.9 Å². The maximum atomic E-state index is 14.7. The first-order valence-corrected chi connectivity index (χ1v) is 20.7. The number of imide groups is 1. The van der Waals surface area contributed by atoms with E-state index in [9.17, 15) is 23.6 Å². The summed E-state index contributed by atoms with van der Waals surface area (Å²) in [6, 6.07) is 5.93. The van der Waals surface area contributed by atoms with Crippen molar-refractivity contribution in [2.45, 2.75) is 92.1 Å². The van der Waals surface area contributed by atoms with Gasteiger partial charge < -0.3 is 44.0 Å². The van der Waals surface area contributed by atoms with Crippen molar-refractivity contribution >= 4 is 47.0 Å². The number of esters is 1. The molecule has 2 aliphatic rings. The molecule has 0 spiro atoms. The largest absolute Gasteiger partial charge is 0.492 e. The molecule has 1 aromatic carbocycles. The molecule has 0 aliphatic carbocycles. The Kier molecular flexibility index (Phi) is 16.8. The standard InChI is InChI=1S/C43H61FN6O10S/c1-41(2,3)58-33(51)24-29-27-50(40(54)60-43(7,8)9)38(52)34(37(61)47-31-13-11-12-30(44)36(31)55-10)35(29)46-25-28-14-15-45-26-32(28)57-23-22-56-21-20-48-16-18-49(19-17-48)39(53)59-42(4,5)6/h11-15,26,29,46H,16-25,27H2,1-10H3,(H,47,61). The fraction of sp³-hybridized carbons (Fsp3) is 0.581. The highest BCUT2D eigenvalue weighted by Gasteiger charge is 2.42. The average molecular weight is 873 g/mol. The number of anilines is 1. The number of hydrogen-bond acceptors (Lipinski definition) is 14. The molecule has 3 amide bonds. The second-order valence-corrected chi connectivity index (χ2v) is 18.0. The minimum atomic E-state index is -0.947. The van der Waals surface area contributed by atoms with Crippen LogP contribution in [-0.2, 0) is 35.1 Å². The Bertz CT molecular complexity index is 1920. The van der Waals surface area contributed by atoms with Crippen LogP contribution in [0.3, 0.4) is 0 Å². The van der Waals surface area contributed by atoms with Crippen LogP contribution in [0, 0.1) is 11.7 Å². The fourth-order valence-electron chi connectivity index (χ4n) is 6.39. The molecule has 3 heterocycles. The van der Waals surface area contributed by atoms with Crippen molar-refractivity contribution in [3.05, 3.63) is 59.3 Å². The van der Waals surface area contributed by atoms with E-state index in [2.05, 4.69) is 20.5 Å². The molecule has 2 aliphatic heterocycles. The van der Waals surface area contributed by atoms with Gasteiger partial charge in [-0.3, -0.25) is 19.5 Å².